The largest absolute Gasteiger partial charge is 0.396 e. The molecule has 0 saturated carbocycles. The Morgan fingerprint density at radius 3 is 2.66 bits per heavy atom. The van der Waals surface area contributed by atoms with Gasteiger partial charge in [0.1, 0.15) is 5.69 Å². The summed E-state index contributed by atoms with van der Waals surface area (Å²) >= 11 is 1.41. The van der Waals surface area contributed by atoms with Crippen LogP contribution in [-0.4, -0.2) is 47.4 Å². The first-order valence-corrected chi connectivity index (χ1v) is 11.0. The van der Waals surface area contributed by atoms with Gasteiger partial charge in [-0.25, -0.2) is 4.79 Å². The van der Waals surface area contributed by atoms with Crippen LogP contribution < -0.4 is 21.7 Å². The fraction of sp³-hybridized carbons (Fsp3) is 0.273. The quantitative estimate of drug-likeness (QED) is 0.395. The van der Waals surface area contributed by atoms with E-state index in [2.05, 4.69) is 25.9 Å². The summed E-state index contributed by atoms with van der Waals surface area (Å²) in [5, 5.41) is 12.1. The van der Waals surface area contributed by atoms with Gasteiger partial charge in [-0.1, -0.05) is 12.1 Å². The minimum absolute atomic E-state index is 0.261. The molecule has 0 aliphatic carbocycles. The first-order chi connectivity index (χ1) is 15.4. The number of nitrogens with two attached hydrogens (primary N) is 1. The van der Waals surface area contributed by atoms with Crippen LogP contribution in [0.3, 0.4) is 0 Å². The molecule has 168 valence electrons. The number of hydrogen-bond donors (Lipinski definition) is 4. The number of carbonyl (C=O) groups is 2. The highest BCUT2D eigenvalue weighted by Crippen LogP contribution is 2.23. The lowest BCUT2D eigenvalue weighted by Crippen LogP contribution is -2.38. The molecule has 0 aliphatic rings. The summed E-state index contributed by atoms with van der Waals surface area (Å²) in [6.45, 7) is 1.15. The smallest absolute Gasteiger partial charge is 0.315 e. The predicted octanol–water partition coefficient (Wildman–Crippen LogP) is 2.86. The normalized spacial score (nSPS) is 11.7. The summed E-state index contributed by atoms with van der Waals surface area (Å²) in [4.78, 5) is 35.3. The molecule has 3 aromatic rings. The minimum Gasteiger partial charge on any atom is -0.396 e. The fourth-order valence-corrected chi connectivity index (χ4v) is 3.62. The van der Waals surface area contributed by atoms with Gasteiger partial charge in [-0.3, -0.25) is 14.8 Å². The zero-order valence-electron chi connectivity index (χ0n) is 18.0. The lowest BCUT2D eigenvalue weighted by Gasteiger charge is -2.21. The van der Waals surface area contributed by atoms with E-state index in [-0.39, 0.29) is 23.7 Å². The van der Waals surface area contributed by atoms with Crippen LogP contribution in [0.1, 0.15) is 34.1 Å². The molecule has 0 aliphatic heterocycles. The van der Waals surface area contributed by atoms with Crippen molar-refractivity contribution in [2.24, 2.45) is 0 Å². The molecular weight excluding hydrogens is 426 g/mol. The molecule has 1 unspecified atom stereocenters. The number of nitrogens with one attached hydrogen (secondary N) is 3. The summed E-state index contributed by atoms with van der Waals surface area (Å²) in [5.74, 6) is -0.339. The third kappa shape index (κ3) is 6.76. The number of amides is 3. The molecule has 9 nitrogen and oxygen atoms in total. The van der Waals surface area contributed by atoms with E-state index in [4.69, 9.17) is 5.73 Å². The third-order valence-corrected chi connectivity index (χ3v) is 5.47. The summed E-state index contributed by atoms with van der Waals surface area (Å²) in [7, 11) is 3.95. The van der Waals surface area contributed by atoms with Crippen LogP contribution in [-0.2, 0) is 6.54 Å². The van der Waals surface area contributed by atoms with Crippen LogP contribution in [0.5, 0.6) is 0 Å². The maximum Gasteiger partial charge on any atom is 0.315 e. The van der Waals surface area contributed by atoms with Crippen LogP contribution in [0.2, 0.25) is 0 Å². The maximum absolute atomic E-state index is 12.5. The van der Waals surface area contributed by atoms with Crippen LogP contribution in [0.15, 0.2) is 53.6 Å². The maximum atomic E-state index is 12.5. The van der Waals surface area contributed by atoms with Crippen molar-refractivity contribution in [1.82, 2.24) is 25.5 Å². The molecule has 0 radical (unpaired) electrons. The van der Waals surface area contributed by atoms with Crippen LogP contribution in [0, 0.1) is 0 Å². The van der Waals surface area contributed by atoms with E-state index >= 15 is 0 Å². The monoisotopic (exact) mass is 453 g/mol. The Morgan fingerprint density at radius 2 is 2.03 bits per heavy atom. The Bertz CT molecular complexity index is 1020. The summed E-state index contributed by atoms with van der Waals surface area (Å²) in [6, 6.07) is 6.63. The average molecular weight is 454 g/mol. The second-order valence-electron chi connectivity index (χ2n) is 7.50. The minimum atomic E-state index is -0.339. The van der Waals surface area contributed by atoms with Crippen molar-refractivity contribution < 1.29 is 9.59 Å². The molecule has 0 bridgehead atoms. The van der Waals surface area contributed by atoms with Gasteiger partial charge in [0.2, 0.25) is 0 Å². The van der Waals surface area contributed by atoms with Crippen molar-refractivity contribution >= 4 is 34.6 Å². The number of aromatic nitrogens is 2. The van der Waals surface area contributed by atoms with Gasteiger partial charge in [-0.15, -0.1) is 11.3 Å². The van der Waals surface area contributed by atoms with Crippen molar-refractivity contribution in [1.29, 1.82) is 0 Å². The van der Waals surface area contributed by atoms with Crippen LogP contribution in [0.25, 0.3) is 0 Å². The Kier molecular flexibility index (Phi) is 8.12. The molecule has 0 fully saturated rings. The van der Waals surface area contributed by atoms with Gasteiger partial charge in [0.05, 0.1) is 17.4 Å². The number of rotatable bonds is 9. The summed E-state index contributed by atoms with van der Waals surface area (Å²) < 4.78 is 0. The molecule has 5 N–H and O–H groups in total. The van der Waals surface area contributed by atoms with E-state index in [0.717, 1.165) is 17.7 Å². The molecule has 32 heavy (non-hydrogen) atoms. The van der Waals surface area contributed by atoms with Gasteiger partial charge < -0.3 is 26.6 Å². The lowest BCUT2D eigenvalue weighted by atomic mass is 10.1. The SMILES string of the molecule is CN(C)CCC(NC(=O)NCc1cccnc1)c1ccc(C(=O)Nc2cscc2N)nc1. The van der Waals surface area contributed by atoms with Crippen molar-refractivity contribution in [3.8, 4) is 0 Å². The summed E-state index contributed by atoms with van der Waals surface area (Å²) in [6.07, 6.45) is 5.70. The zero-order chi connectivity index (χ0) is 22.9. The lowest BCUT2D eigenvalue weighted by molar-refractivity contribution is 0.102. The van der Waals surface area contributed by atoms with Gasteiger partial charge in [0.15, 0.2) is 0 Å². The highest BCUT2D eigenvalue weighted by atomic mass is 32.1. The first kappa shape index (κ1) is 23.2. The van der Waals surface area contributed by atoms with Gasteiger partial charge >= 0.3 is 6.03 Å². The molecule has 3 heterocycles. The first-order valence-electron chi connectivity index (χ1n) is 10.1. The highest BCUT2D eigenvalue weighted by Gasteiger charge is 2.17. The molecule has 3 rings (SSSR count). The van der Waals surface area contributed by atoms with Crippen molar-refractivity contribution in [2.45, 2.75) is 19.0 Å². The van der Waals surface area contributed by atoms with Crippen molar-refractivity contribution in [3.63, 3.8) is 0 Å². The van der Waals surface area contributed by atoms with Gasteiger partial charge in [-0.2, -0.15) is 0 Å². The Morgan fingerprint density at radius 1 is 1.19 bits per heavy atom. The second-order valence-corrected chi connectivity index (χ2v) is 8.25. The van der Waals surface area contributed by atoms with Gasteiger partial charge in [0, 0.05) is 35.9 Å². The number of nitrogen functional groups attached to an aromatic ring is 1. The van der Waals surface area contributed by atoms with Crippen LogP contribution >= 0.6 is 11.3 Å². The van der Waals surface area contributed by atoms with E-state index in [1.165, 1.54) is 11.3 Å². The molecule has 10 heteroatoms. The molecular formula is C22H27N7O2S. The molecule has 3 aromatic heterocycles. The number of urea groups is 1. The Hall–Kier alpha value is -3.50. The van der Waals surface area contributed by atoms with E-state index in [1.54, 1.807) is 41.5 Å². The third-order valence-electron chi connectivity index (χ3n) is 4.71. The second kappa shape index (κ2) is 11.2. The molecule has 0 aromatic carbocycles. The van der Waals surface area contributed by atoms with Crippen molar-refractivity contribution in [3.05, 3.63) is 70.4 Å². The standard InChI is InChI=1S/C22H27N7O2S/c1-29(2)9-7-18(28-22(31)26-11-15-4-3-8-24-10-15)16-5-6-19(25-12-16)21(30)27-20-14-32-13-17(20)23/h3-6,8,10,12-14,18H,7,9,11,23H2,1-2H3,(H,27,30)(H2,26,28,31). The molecule has 3 amide bonds. The number of anilines is 2. The predicted molar refractivity (Wildman–Crippen MR) is 126 cm³/mol. The number of nitrogens with zero attached hydrogens (tertiary/aromatic N) is 3. The van der Waals surface area contributed by atoms with Crippen molar-refractivity contribution in [2.75, 3.05) is 31.7 Å². The fourth-order valence-electron chi connectivity index (χ4n) is 2.94. The molecule has 0 spiro atoms. The van der Waals surface area contributed by atoms with Crippen LogP contribution in [0.4, 0.5) is 16.2 Å². The highest BCUT2D eigenvalue weighted by molar-refractivity contribution is 7.09. The topological polar surface area (TPSA) is 125 Å². The van der Waals surface area contributed by atoms with E-state index < -0.39 is 0 Å². The number of hydrogen-bond acceptors (Lipinski definition) is 7. The number of pyridine rings is 2. The number of carbonyl (C=O) groups excluding carboxylic acids is 2. The van der Waals surface area contributed by atoms with E-state index in [9.17, 15) is 9.59 Å². The average Bonchev–Trinajstić information content (AvgIpc) is 3.20. The molecule has 0 saturated heterocycles. The number of thiophene rings is 1. The Labute approximate surface area is 191 Å². The molecule has 1 atom stereocenters. The van der Waals surface area contributed by atoms with Gasteiger partial charge in [-0.05, 0) is 50.3 Å². The van der Waals surface area contributed by atoms with E-state index in [0.29, 0.717) is 24.3 Å². The Balaban J connectivity index is 1.64. The van der Waals surface area contributed by atoms with Gasteiger partial charge in [0.25, 0.3) is 5.91 Å². The zero-order valence-corrected chi connectivity index (χ0v) is 18.9. The summed E-state index contributed by atoms with van der Waals surface area (Å²) in [5.41, 5.74) is 8.91. The van der Waals surface area contributed by atoms with E-state index in [1.807, 2.05) is 31.1 Å².